The van der Waals surface area contributed by atoms with Crippen molar-refractivity contribution in [2.24, 2.45) is 17.3 Å². The van der Waals surface area contributed by atoms with Crippen molar-refractivity contribution < 1.29 is 24.5 Å². The van der Waals surface area contributed by atoms with Crippen LogP contribution in [0.15, 0.2) is 0 Å². The van der Waals surface area contributed by atoms with Gasteiger partial charge in [-0.05, 0) is 51.9 Å². The second-order valence-electron chi connectivity index (χ2n) is 8.61. The molecule has 0 radical (unpaired) electrons. The molecular formula is C17H29NO5. The van der Waals surface area contributed by atoms with Crippen LogP contribution in [0.3, 0.4) is 0 Å². The summed E-state index contributed by atoms with van der Waals surface area (Å²) in [6.07, 6.45) is 1.37. The first-order valence-electron chi connectivity index (χ1n) is 8.32. The van der Waals surface area contributed by atoms with Gasteiger partial charge in [0.1, 0.15) is 16.6 Å². The maximum Gasteiger partial charge on any atom is 0.410 e. The highest BCUT2D eigenvalue weighted by Gasteiger charge is 2.64. The van der Waals surface area contributed by atoms with Gasteiger partial charge in [0.15, 0.2) is 0 Å². The number of β-amino-alcohol motifs (C(OH)–C–C–N with tert-alkyl or cyclic N) is 1. The molecule has 2 aliphatic rings. The minimum absolute atomic E-state index is 0.0215. The number of carboxylic acids is 1. The van der Waals surface area contributed by atoms with Gasteiger partial charge in [-0.1, -0.05) is 13.8 Å². The Morgan fingerprint density at radius 2 is 1.61 bits per heavy atom. The topological polar surface area (TPSA) is 87.1 Å². The molecule has 6 nitrogen and oxygen atoms in total. The van der Waals surface area contributed by atoms with Crippen molar-refractivity contribution >= 4 is 12.1 Å². The van der Waals surface area contributed by atoms with Gasteiger partial charge in [-0.15, -0.1) is 0 Å². The van der Waals surface area contributed by atoms with E-state index >= 15 is 0 Å². The van der Waals surface area contributed by atoms with Gasteiger partial charge in [-0.3, -0.25) is 4.79 Å². The lowest BCUT2D eigenvalue weighted by molar-refractivity contribution is -0.211. The fraction of sp³-hybridized carbons (Fsp3) is 0.882. The number of ether oxygens (including phenoxy) is 1. The van der Waals surface area contributed by atoms with E-state index in [-0.39, 0.29) is 24.9 Å². The van der Waals surface area contributed by atoms with Crippen LogP contribution in [0.4, 0.5) is 4.79 Å². The Hall–Kier alpha value is -1.30. The molecule has 23 heavy (non-hydrogen) atoms. The number of carbonyl (C=O) groups is 2. The molecule has 1 amide bonds. The zero-order chi connectivity index (χ0) is 17.6. The third-order valence-corrected chi connectivity index (χ3v) is 5.06. The second kappa shape index (κ2) is 5.65. The summed E-state index contributed by atoms with van der Waals surface area (Å²) in [7, 11) is 0. The molecule has 2 unspecified atom stereocenters. The number of carboxylic acid groups (broad SMARTS) is 1. The van der Waals surface area contributed by atoms with Gasteiger partial charge in [-0.25, -0.2) is 4.79 Å². The van der Waals surface area contributed by atoms with Gasteiger partial charge in [0, 0.05) is 0 Å². The molecule has 1 saturated heterocycles. The predicted molar refractivity (Wildman–Crippen MR) is 85.0 cm³/mol. The molecule has 2 fully saturated rings. The van der Waals surface area contributed by atoms with E-state index in [9.17, 15) is 19.8 Å². The van der Waals surface area contributed by atoms with Crippen LogP contribution in [0.5, 0.6) is 0 Å². The Balaban J connectivity index is 2.14. The first-order chi connectivity index (χ1) is 10.4. The number of aliphatic carboxylic acids is 1. The van der Waals surface area contributed by atoms with E-state index in [0.717, 1.165) is 6.42 Å². The summed E-state index contributed by atoms with van der Waals surface area (Å²) in [5.41, 5.74) is -3.16. The Labute approximate surface area is 137 Å². The summed E-state index contributed by atoms with van der Waals surface area (Å²) < 4.78 is 5.29. The molecule has 2 atom stereocenters. The largest absolute Gasteiger partial charge is 0.481 e. The number of likely N-dealkylation sites (tertiary alicyclic amines) is 1. The molecule has 1 heterocycles. The van der Waals surface area contributed by atoms with E-state index in [1.54, 1.807) is 20.8 Å². The maximum absolute atomic E-state index is 12.1. The third kappa shape index (κ3) is 3.32. The third-order valence-electron chi connectivity index (χ3n) is 5.06. The van der Waals surface area contributed by atoms with Crippen molar-refractivity contribution in [2.45, 2.75) is 65.1 Å². The second-order valence-corrected chi connectivity index (χ2v) is 8.61. The van der Waals surface area contributed by atoms with Crippen LogP contribution >= 0.6 is 0 Å². The van der Waals surface area contributed by atoms with Gasteiger partial charge in [-0.2, -0.15) is 0 Å². The highest BCUT2D eigenvalue weighted by atomic mass is 16.6. The molecule has 0 aromatic heterocycles. The van der Waals surface area contributed by atoms with Gasteiger partial charge in [0.05, 0.1) is 13.1 Å². The molecule has 0 aromatic rings. The van der Waals surface area contributed by atoms with E-state index in [4.69, 9.17) is 4.74 Å². The quantitative estimate of drug-likeness (QED) is 0.813. The van der Waals surface area contributed by atoms with Crippen LogP contribution in [0.1, 0.15) is 53.9 Å². The molecule has 2 N–H and O–H groups in total. The van der Waals surface area contributed by atoms with Crippen molar-refractivity contribution in [3.63, 3.8) is 0 Å². The van der Waals surface area contributed by atoms with Crippen LogP contribution in [0.2, 0.25) is 0 Å². The van der Waals surface area contributed by atoms with Crippen LogP contribution in [-0.2, 0) is 9.53 Å². The number of hydrogen-bond acceptors (Lipinski definition) is 4. The minimum Gasteiger partial charge on any atom is -0.481 e. The van der Waals surface area contributed by atoms with E-state index < -0.39 is 28.7 Å². The lowest BCUT2D eigenvalue weighted by Gasteiger charge is -2.57. The summed E-state index contributed by atoms with van der Waals surface area (Å²) in [6, 6.07) is 0. The average molecular weight is 327 g/mol. The molecule has 0 spiro atoms. The Morgan fingerprint density at radius 3 is 2.00 bits per heavy atom. The SMILES string of the molecule is CC1CC(C)CC(C(=O)O)(C2(O)CN(C(=O)OC(C)(C)C)C2)C1. The molecule has 1 aliphatic carbocycles. The standard InChI is InChI=1S/C17H29NO5/c1-11-6-12(2)8-16(7-11,13(19)20)17(22)9-18(10-17)14(21)23-15(3,4)5/h11-12,22H,6-10H2,1-5H3,(H,19,20). The molecule has 0 bridgehead atoms. The number of carbonyl (C=O) groups excluding carboxylic acids is 1. The molecule has 0 aromatic carbocycles. The average Bonchev–Trinajstić information content (AvgIpc) is 2.30. The normalized spacial score (nSPS) is 33.7. The predicted octanol–water partition coefficient (Wildman–Crippen LogP) is 2.50. The summed E-state index contributed by atoms with van der Waals surface area (Å²) in [5, 5.41) is 20.8. The first-order valence-corrected chi connectivity index (χ1v) is 8.32. The molecular weight excluding hydrogens is 298 g/mol. The van der Waals surface area contributed by atoms with Gasteiger partial charge >= 0.3 is 12.1 Å². The first kappa shape index (κ1) is 18.0. The highest BCUT2D eigenvalue weighted by Crippen LogP contribution is 2.52. The maximum atomic E-state index is 12.1. The van der Waals surface area contributed by atoms with Crippen molar-refractivity contribution in [3.05, 3.63) is 0 Å². The number of hydrogen-bond donors (Lipinski definition) is 2. The lowest BCUT2D eigenvalue weighted by Crippen LogP contribution is -2.74. The Morgan fingerprint density at radius 1 is 1.13 bits per heavy atom. The molecule has 1 aliphatic heterocycles. The van der Waals surface area contributed by atoms with Crippen molar-refractivity contribution in [3.8, 4) is 0 Å². The van der Waals surface area contributed by atoms with Crippen molar-refractivity contribution in [1.82, 2.24) is 4.90 Å². The number of amides is 1. The van der Waals surface area contributed by atoms with Crippen molar-refractivity contribution in [1.29, 1.82) is 0 Å². The minimum atomic E-state index is -1.38. The van der Waals surface area contributed by atoms with Gasteiger partial charge < -0.3 is 19.8 Å². The summed E-state index contributed by atoms with van der Waals surface area (Å²) in [4.78, 5) is 25.5. The Bertz CT molecular complexity index is 480. The van der Waals surface area contributed by atoms with E-state index in [0.29, 0.717) is 12.8 Å². The van der Waals surface area contributed by atoms with E-state index in [1.807, 2.05) is 13.8 Å². The molecule has 132 valence electrons. The number of aliphatic hydroxyl groups is 1. The van der Waals surface area contributed by atoms with Crippen molar-refractivity contribution in [2.75, 3.05) is 13.1 Å². The fourth-order valence-corrected chi connectivity index (χ4v) is 4.22. The molecule has 1 saturated carbocycles. The van der Waals surface area contributed by atoms with Crippen LogP contribution in [0.25, 0.3) is 0 Å². The summed E-state index contributed by atoms with van der Waals surface area (Å²) >= 11 is 0. The summed E-state index contributed by atoms with van der Waals surface area (Å²) in [5.74, 6) is -0.467. The van der Waals surface area contributed by atoms with E-state index in [2.05, 4.69) is 0 Å². The van der Waals surface area contributed by atoms with E-state index in [1.165, 1.54) is 4.90 Å². The van der Waals surface area contributed by atoms with Gasteiger partial charge in [0.2, 0.25) is 0 Å². The Kier molecular flexibility index (Phi) is 4.43. The fourth-order valence-electron chi connectivity index (χ4n) is 4.22. The number of nitrogens with zero attached hydrogens (tertiary/aromatic N) is 1. The zero-order valence-electron chi connectivity index (χ0n) is 14.8. The monoisotopic (exact) mass is 327 g/mol. The van der Waals surface area contributed by atoms with Crippen LogP contribution in [0, 0.1) is 17.3 Å². The molecule has 2 rings (SSSR count). The highest BCUT2D eigenvalue weighted by molar-refractivity contribution is 5.78. The summed E-state index contributed by atoms with van der Waals surface area (Å²) in [6.45, 7) is 9.43. The smallest absolute Gasteiger partial charge is 0.410 e. The van der Waals surface area contributed by atoms with Crippen LogP contribution in [-0.4, -0.2) is 51.5 Å². The lowest BCUT2D eigenvalue weighted by atomic mass is 9.56. The van der Waals surface area contributed by atoms with Crippen LogP contribution < -0.4 is 0 Å². The zero-order valence-corrected chi connectivity index (χ0v) is 14.8. The van der Waals surface area contributed by atoms with Gasteiger partial charge in [0.25, 0.3) is 0 Å². The number of rotatable bonds is 2. The molecule has 6 heteroatoms.